The first-order valence-corrected chi connectivity index (χ1v) is 22.5. The number of piperazine rings is 2. The van der Waals surface area contributed by atoms with Crippen molar-refractivity contribution in [3.63, 3.8) is 0 Å². The number of aromatic nitrogens is 2. The zero-order chi connectivity index (χ0) is 40.4. The highest BCUT2D eigenvalue weighted by atomic mass is 16.2. The highest BCUT2D eigenvalue weighted by Gasteiger charge is 2.32. The van der Waals surface area contributed by atoms with Crippen molar-refractivity contribution in [2.75, 3.05) is 78.5 Å². The largest absolute Gasteiger partial charge is 0.339 e. The lowest BCUT2D eigenvalue weighted by atomic mass is 9.91. The summed E-state index contributed by atoms with van der Waals surface area (Å²) in [5.74, 6) is 1.83. The first-order chi connectivity index (χ1) is 27.7. The van der Waals surface area contributed by atoms with Crippen molar-refractivity contribution < 1.29 is 9.59 Å². The number of carbonyl (C=O) groups is 2. The summed E-state index contributed by atoms with van der Waals surface area (Å²) in [6, 6.07) is 8.48. The van der Waals surface area contributed by atoms with E-state index in [1.54, 1.807) is 0 Å². The number of amides is 2. The molecule has 4 unspecified atom stereocenters. The minimum Gasteiger partial charge on any atom is -0.339 e. The maximum atomic E-state index is 13.5. The van der Waals surface area contributed by atoms with Gasteiger partial charge in [0.2, 0.25) is 11.8 Å². The fraction of sp³-hybridized carbons (Fsp3) is 0.733. The van der Waals surface area contributed by atoms with Crippen LogP contribution in [0.1, 0.15) is 120 Å². The van der Waals surface area contributed by atoms with Gasteiger partial charge in [-0.05, 0) is 112 Å². The highest BCUT2D eigenvalue weighted by molar-refractivity contribution is 5.82. The van der Waals surface area contributed by atoms with Gasteiger partial charge in [0, 0.05) is 77.8 Å². The third-order valence-electron chi connectivity index (χ3n) is 11.8. The van der Waals surface area contributed by atoms with E-state index in [0.717, 1.165) is 154 Å². The van der Waals surface area contributed by atoms with Crippen LogP contribution in [0, 0.1) is 11.8 Å². The molecule has 12 heteroatoms. The van der Waals surface area contributed by atoms with E-state index in [4.69, 9.17) is 10.7 Å². The van der Waals surface area contributed by atoms with Crippen LogP contribution in [0.4, 0.5) is 0 Å². The van der Waals surface area contributed by atoms with Crippen molar-refractivity contribution >= 4 is 11.8 Å². The molecule has 2 amide bonds. The monoisotopic (exact) mass is 789 g/mol. The maximum Gasteiger partial charge on any atom is 0.239 e. The Hall–Kier alpha value is -3.00. The molecular formula is C45H76N10O2. The Labute approximate surface area is 344 Å². The second kappa shape index (κ2) is 24.2. The average molecular weight is 789 g/mol. The van der Waals surface area contributed by atoms with E-state index < -0.39 is 0 Å². The first kappa shape index (κ1) is 45.1. The molecular weight excluding hydrogens is 713 g/mol. The Kier molecular flexibility index (Phi) is 19.1. The molecule has 4 atom stereocenters. The Morgan fingerprint density at radius 2 is 1.19 bits per heavy atom. The van der Waals surface area contributed by atoms with Crippen molar-refractivity contribution in [1.29, 1.82) is 0 Å². The molecule has 2 saturated heterocycles. The van der Waals surface area contributed by atoms with Crippen LogP contribution < -0.4 is 27.0 Å². The second-order valence-corrected chi connectivity index (χ2v) is 17.5. The van der Waals surface area contributed by atoms with Gasteiger partial charge in [-0.3, -0.25) is 30.2 Å². The second-order valence-electron chi connectivity index (χ2n) is 17.5. The molecule has 2 fully saturated rings. The number of fused-ring (bicyclic) bond motifs is 2. The number of hydrogen-bond acceptors (Lipinski definition) is 10. The van der Waals surface area contributed by atoms with Gasteiger partial charge in [-0.15, -0.1) is 0 Å². The fourth-order valence-electron chi connectivity index (χ4n) is 9.10. The van der Waals surface area contributed by atoms with E-state index in [0.29, 0.717) is 18.4 Å². The summed E-state index contributed by atoms with van der Waals surface area (Å²) >= 11 is 0. The van der Waals surface area contributed by atoms with Crippen molar-refractivity contribution in [1.82, 2.24) is 45.9 Å². The highest BCUT2D eigenvalue weighted by Crippen LogP contribution is 2.30. The number of pyridine rings is 2. The lowest BCUT2D eigenvalue weighted by molar-refractivity contribution is -0.135. The summed E-state index contributed by atoms with van der Waals surface area (Å²) in [5.41, 5.74) is 10.6. The molecule has 2 aromatic heterocycles. The van der Waals surface area contributed by atoms with Gasteiger partial charge in [0.1, 0.15) is 0 Å². The minimum atomic E-state index is -0.136. The quantitative estimate of drug-likeness (QED) is 0.140. The van der Waals surface area contributed by atoms with E-state index in [1.165, 1.54) is 11.1 Å². The molecule has 0 saturated carbocycles. The molecule has 12 nitrogen and oxygen atoms in total. The SMILES string of the molecule is CC(C)CN(CCCC(NC1CCCc2cccnc21)C(=O)N1CCNCC1)CC(C)C.NCCCCC(NC1CCCc2cccnc21)C(=O)N1CCNCC1. The molecule has 4 aliphatic rings. The molecule has 4 heterocycles. The van der Waals surface area contributed by atoms with Gasteiger partial charge in [0.15, 0.2) is 0 Å². The van der Waals surface area contributed by atoms with E-state index in [9.17, 15) is 9.59 Å². The van der Waals surface area contributed by atoms with Gasteiger partial charge in [0.25, 0.3) is 0 Å². The van der Waals surface area contributed by atoms with Crippen molar-refractivity contribution in [2.24, 2.45) is 17.6 Å². The number of carbonyl (C=O) groups excluding carboxylic acids is 2. The Bertz CT molecular complexity index is 1470. The number of hydrogen-bond donors (Lipinski definition) is 5. The van der Waals surface area contributed by atoms with Crippen molar-refractivity contribution in [3.05, 3.63) is 59.2 Å². The van der Waals surface area contributed by atoms with E-state index in [1.807, 2.05) is 29.4 Å². The van der Waals surface area contributed by atoms with Crippen LogP contribution in [0.15, 0.2) is 36.7 Å². The number of nitrogens with zero attached hydrogens (tertiary/aromatic N) is 5. The van der Waals surface area contributed by atoms with Crippen LogP contribution in [0.3, 0.4) is 0 Å². The third kappa shape index (κ3) is 14.4. The Balaban J connectivity index is 0.000000224. The summed E-state index contributed by atoms with van der Waals surface area (Å²) in [6.45, 7) is 19.9. The van der Waals surface area contributed by atoms with E-state index >= 15 is 0 Å². The topological polar surface area (TPSA) is 144 Å². The maximum absolute atomic E-state index is 13.5. The predicted molar refractivity (Wildman–Crippen MR) is 231 cm³/mol. The molecule has 2 aromatic rings. The van der Waals surface area contributed by atoms with Crippen LogP contribution in [0.2, 0.25) is 0 Å². The number of aryl methyl sites for hydroxylation is 2. The summed E-state index contributed by atoms with van der Waals surface area (Å²) < 4.78 is 0. The summed E-state index contributed by atoms with van der Waals surface area (Å²) in [7, 11) is 0. The third-order valence-corrected chi connectivity index (χ3v) is 11.8. The summed E-state index contributed by atoms with van der Waals surface area (Å²) in [6.07, 6.45) is 15.1. The molecule has 0 bridgehead atoms. The summed E-state index contributed by atoms with van der Waals surface area (Å²) in [5, 5.41) is 14.1. The van der Waals surface area contributed by atoms with Crippen molar-refractivity contribution in [3.8, 4) is 0 Å². The molecule has 2 aliphatic heterocycles. The lowest BCUT2D eigenvalue weighted by Gasteiger charge is -2.34. The molecule has 0 radical (unpaired) electrons. The van der Waals surface area contributed by atoms with Gasteiger partial charge in [-0.1, -0.05) is 46.2 Å². The fourth-order valence-corrected chi connectivity index (χ4v) is 9.10. The van der Waals surface area contributed by atoms with Crippen LogP contribution >= 0.6 is 0 Å². The normalized spacial score (nSPS) is 20.8. The van der Waals surface area contributed by atoms with Crippen LogP contribution in [0.5, 0.6) is 0 Å². The van der Waals surface area contributed by atoms with Crippen LogP contribution in [-0.2, 0) is 22.4 Å². The smallest absolute Gasteiger partial charge is 0.239 e. The van der Waals surface area contributed by atoms with Gasteiger partial charge in [0.05, 0.1) is 35.6 Å². The van der Waals surface area contributed by atoms with Gasteiger partial charge in [-0.25, -0.2) is 0 Å². The van der Waals surface area contributed by atoms with Crippen LogP contribution in [-0.4, -0.2) is 127 Å². The summed E-state index contributed by atoms with van der Waals surface area (Å²) in [4.78, 5) is 42.5. The van der Waals surface area contributed by atoms with Crippen LogP contribution in [0.25, 0.3) is 0 Å². The van der Waals surface area contributed by atoms with Gasteiger partial charge >= 0.3 is 0 Å². The molecule has 2 aliphatic carbocycles. The van der Waals surface area contributed by atoms with E-state index in [-0.39, 0.29) is 36.0 Å². The molecule has 0 spiro atoms. The first-order valence-electron chi connectivity index (χ1n) is 22.5. The van der Waals surface area contributed by atoms with Gasteiger partial charge < -0.3 is 31.1 Å². The minimum absolute atomic E-state index is 0.133. The molecule has 6 rings (SSSR count). The zero-order valence-electron chi connectivity index (χ0n) is 35.8. The van der Waals surface area contributed by atoms with E-state index in [2.05, 4.69) is 75.9 Å². The standard InChI is InChI=1S/C26H45N5O.C19H31N5O/c1-20(2)18-30(19-21(3)4)15-7-11-24(26(32)31-16-13-27-14-17-31)29-23-10-5-8-22-9-6-12-28-25(22)23;20-9-2-1-7-17(19(25)24-13-11-21-12-14-24)23-16-8-3-5-15-6-4-10-22-18(15)16/h6,9,12,20-21,23-24,27,29H,5,7-8,10-11,13-19H2,1-4H3;4,6,10,16-17,21,23H,1-3,5,7-9,11-14,20H2. The molecule has 6 N–H and O–H groups in total. The molecule has 0 aromatic carbocycles. The van der Waals surface area contributed by atoms with Gasteiger partial charge in [-0.2, -0.15) is 0 Å². The number of unbranched alkanes of at least 4 members (excludes halogenated alkanes) is 1. The van der Waals surface area contributed by atoms with Crippen molar-refractivity contribution in [2.45, 2.75) is 122 Å². The molecule has 57 heavy (non-hydrogen) atoms. The Morgan fingerprint density at radius 1 is 0.737 bits per heavy atom. The number of rotatable bonds is 18. The number of nitrogens with two attached hydrogens (primary N) is 1. The zero-order valence-corrected chi connectivity index (χ0v) is 35.8. The lowest BCUT2D eigenvalue weighted by Crippen LogP contribution is -2.54. The average Bonchev–Trinajstić information content (AvgIpc) is 3.23. The Morgan fingerprint density at radius 3 is 1.63 bits per heavy atom. The number of nitrogens with one attached hydrogen (secondary N) is 4. The predicted octanol–water partition coefficient (Wildman–Crippen LogP) is 4.22. The molecule has 318 valence electrons.